The molecule has 0 spiro atoms. The van der Waals surface area contributed by atoms with Gasteiger partial charge in [-0.3, -0.25) is 9.69 Å². The van der Waals surface area contributed by atoms with E-state index in [9.17, 15) is 4.79 Å². The predicted molar refractivity (Wildman–Crippen MR) is 76.8 cm³/mol. The molecule has 1 aromatic rings. The van der Waals surface area contributed by atoms with E-state index in [-0.39, 0.29) is 11.3 Å². The van der Waals surface area contributed by atoms with Crippen LogP contribution in [-0.2, 0) is 4.79 Å². The molecule has 0 saturated heterocycles. The van der Waals surface area contributed by atoms with Gasteiger partial charge in [0.25, 0.3) is 0 Å². The van der Waals surface area contributed by atoms with Crippen molar-refractivity contribution in [2.75, 3.05) is 18.5 Å². The Morgan fingerprint density at radius 2 is 2.00 bits per heavy atom. The molecule has 4 nitrogen and oxygen atoms in total. The first-order valence-corrected chi connectivity index (χ1v) is 7.09. The zero-order valence-corrected chi connectivity index (χ0v) is 11.6. The smallest absolute Gasteiger partial charge is 0.235 e. The summed E-state index contributed by atoms with van der Waals surface area (Å²) in [6.07, 6.45) is 8.13. The minimum atomic E-state index is -0.386. The molecule has 0 unspecified atom stereocenters. The zero-order chi connectivity index (χ0) is 13.7. The molecule has 1 aliphatic carbocycles. The summed E-state index contributed by atoms with van der Waals surface area (Å²) < 4.78 is 0. The second-order valence-corrected chi connectivity index (χ2v) is 5.45. The number of hydrogen-bond acceptors (Lipinski definition) is 3. The largest absolute Gasteiger partial charge is 0.329 e. The van der Waals surface area contributed by atoms with Crippen molar-refractivity contribution in [3.63, 3.8) is 0 Å². The molecule has 0 aromatic carbocycles. The first-order chi connectivity index (χ1) is 9.19. The molecule has 1 aromatic heterocycles. The number of anilines is 1. The van der Waals surface area contributed by atoms with Crippen LogP contribution in [0.25, 0.3) is 0 Å². The van der Waals surface area contributed by atoms with Crippen molar-refractivity contribution in [2.24, 2.45) is 11.1 Å². The Kier molecular flexibility index (Phi) is 4.53. The number of carbonyl (C=O) groups is 1. The fraction of sp³-hybridized carbons (Fsp3) is 0.600. The minimum Gasteiger partial charge on any atom is -0.329 e. The van der Waals surface area contributed by atoms with Crippen LogP contribution in [0.5, 0.6) is 0 Å². The van der Waals surface area contributed by atoms with E-state index in [2.05, 4.69) is 4.98 Å². The third-order valence-electron chi connectivity index (χ3n) is 4.20. The lowest BCUT2D eigenvalue weighted by Gasteiger charge is -2.33. The van der Waals surface area contributed by atoms with E-state index >= 15 is 0 Å². The first-order valence-electron chi connectivity index (χ1n) is 7.09. The number of nitrogens with zero attached hydrogens (tertiary/aromatic N) is 2. The summed E-state index contributed by atoms with van der Waals surface area (Å²) in [7, 11) is 1.80. The Morgan fingerprint density at radius 1 is 1.32 bits per heavy atom. The van der Waals surface area contributed by atoms with E-state index < -0.39 is 0 Å². The highest BCUT2D eigenvalue weighted by molar-refractivity contribution is 5.96. The summed E-state index contributed by atoms with van der Waals surface area (Å²) in [6, 6.07) is 5.61. The summed E-state index contributed by atoms with van der Waals surface area (Å²) in [5, 5.41) is 0. The Bertz CT molecular complexity index is 411. The van der Waals surface area contributed by atoms with Crippen molar-refractivity contribution in [3.8, 4) is 0 Å². The van der Waals surface area contributed by atoms with Crippen molar-refractivity contribution in [2.45, 2.75) is 38.5 Å². The highest BCUT2D eigenvalue weighted by atomic mass is 16.2. The fourth-order valence-electron chi connectivity index (χ4n) is 2.92. The number of aromatic nitrogens is 1. The number of pyridine rings is 1. The Balaban J connectivity index is 2.20. The zero-order valence-electron chi connectivity index (χ0n) is 11.6. The second-order valence-electron chi connectivity index (χ2n) is 5.45. The SMILES string of the molecule is CN(C(=O)C1(CN)CCCCCC1)c1ccccn1. The molecule has 2 N–H and O–H groups in total. The van der Waals surface area contributed by atoms with E-state index in [1.54, 1.807) is 18.1 Å². The first kappa shape index (κ1) is 14.0. The molecule has 2 rings (SSSR count). The van der Waals surface area contributed by atoms with Gasteiger partial charge in [0.2, 0.25) is 5.91 Å². The topological polar surface area (TPSA) is 59.2 Å². The van der Waals surface area contributed by atoms with Gasteiger partial charge >= 0.3 is 0 Å². The monoisotopic (exact) mass is 261 g/mol. The van der Waals surface area contributed by atoms with Crippen LogP contribution < -0.4 is 10.6 Å². The maximum Gasteiger partial charge on any atom is 0.235 e. The van der Waals surface area contributed by atoms with E-state index in [4.69, 9.17) is 5.73 Å². The van der Waals surface area contributed by atoms with Crippen molar-refractivity contribution >= 4 is 11.7 Å². The van der Waals surface area contributed by atoms with Gasteiger partial charge in [0.1, 0.15) is 5.82 Å². The number of hydrogen-bond donors (Lipinski definition) is 1. The van der Waals surface area contributed by atoms with Gasteiger partial charge in [0.05, 0.1) is 5.41 Å². The van der Waals surface area contributed by atoms with Crippen LogP contribution in [0.2, 0.25) is 0 Å². The van der Waals surface area contributed by atoms with E-state index in [1.165, 1.54) is 12.8 Å². The van der Waals surface area contributed by atoms with Crippen molar-refractivity contribution < 1.29 is 4.79 Å². The van der Waals surface area contributed by atoms with Gasteiger partial charge in [0, 0.05) is 19.8 Å². The molecule has 19 heavy (non-hydrogen) atoms. The maximum absolute atomic E-state index is 12.8. The molecular weight excluding hydrogens is 238 g/mol. The summed E-state index contributed by atoms with van der Waals surface area (Å²) >= 11 is 0. The Labute approximate surface area is 115 Å². The number of amides is 1. The van der Waals surface area contributed by atoms with Crippen LogP contribution in [0, 0.1) is 5.41 Å². The summed E-state index contributed by atoms with van der Waals surface area (Å²) in [4.78, 5) is 18.7. The fourth-order valence-corrected chi connectivity index (χ4v) is 2.92. The van der Waals surface area contributed by atoms with E-state index in [0.717, 1.165) is 25.7 Å². The summed E-state index contributed by atoms with van der Waals surface area (Å²) in [5.41, 5.74) is 5.57. The van der Waals surface area contributed by atoms with Gasteiger partial charge in [-0.1, -0.05) is 31.7 Å². The minimum absolute atomic E-state index is 0.121. The van der Waals surface area contributed by atoms with E-state index in [1.807, 2.05) is 18.2 Å². The Morgan fingerprint density at radius 3 is 2.53 bits per heavy atom. The van der Waals surface area contributed by atoms with Crippen LogP contribution in [0.3, 0.4) is 0 Å². The molecule has 1 saturated carbocycles. The summed E-state index contributed by atoms with van der Waals surface area (Å²) in [6.45, 7) is 0.434. The molecule has 104 valence electrons. The highest BCUT2D eigenvalue weighted by Crippen LogP contribution is 2.36. The molecular formula is C15H23N3O. The lowest BCUT2D eigenvalue weighted by Crippen LogP contribution is -2.47. The van der Waals surface area contributed by atoms with Gasteiger partial charge in [-0.2, -0.15) is 0 Å². The molecule has 0 aliphatic heterocycles. The van der Waals surface area contributed by atoms with Gasteiger partial charge in [-0.25, -0.2) is 4.98 Å². The quantitative estimate of drug-likeness (QED) is 0.850. The van der Waals surface area contributed by atoms with Crippen LogP contribution in [0.15, 0.2) is 24.4 Å². The lowest BCUT2D eigenvalue weighted by atomic mass is 9.79. The van der Waals surface area contributed by atoms with E-state index in [0.29, 0.717) is 12.4 Å². The van der Waals surface area contributed by atoms with Crippen LogP contribution in [0.1, 0.15) is 38.5 Å². The van der Waals surface area contributed by atoms with Crippen LogP contribution >= 0.6 is 0 Å². The molecule has 4 heteroatoms. The second kappa shape index (κ2) is 6.15. The van der Waals surface area contributed by atoms with Crippen LogP contribution in [-0.4, -0.2) is 24.5 Å². The average molecular weight is 261 g/mol. The van der Waals surface area contributed by atoms with Gasteiger partial charge < -0.3 is 5.73 Å². The van der Waals surface area contributed by atoms with Crippen molar-refractivity contribution in [3.05, 3.63) is 24.4 Å². The summed E-state index contributed by atoms with van der Waals surface area (Å²) in [5.74, 6) is 0.820. The normalized spacial score (nSPS) is 18.6. The molecule has 0 radical (unpaired) electrons. The van der Waals surface area contributed by atoms with Crippen LogP contribution in [0.4, 0.5) is 5.82 Å². The van der Waals surface area contributed by atoms with Gasteiger partial charge in [-0.05, 0) is 25.0 Å². The predicted octanol–water partition coefficient (Wildman–Crippen LogP) is 2.34. The molecule has 0 atom stereocenters. The third-order valence-corrected chi connectivity index (χ3v) is 4.20. The van der Waals surface area contributed by atoms with Gasteiger partial charge in [-0.15, -0.1) is 0 Å². The lowest BCUT2D eigenvalue weighted by molar-refractivity contribution is -0.128. The maximum atomic E-state index is 12.8. The molecule has 0 bridgehead atoms. The highest BCUT2D eigenvalue weighted by Gasteiger charge is 2.39. The standard InChI is InChI=1S/C15H23N3O/c1-18(13-8-4-7-11-17-13)14(19)15(12-16)9-5-2-3-6-10-15/h4,7-8,11H,2-3,5-6,9-10,12,16H2,1H3. The molecule has 1 fully saturated rings. The van der Waals surface area contributed by atoms with Crippen molar-refractivity contribution in [1.29, 1.82) is 0 Å². The average Bonchev–Trinajstić information content (AvgIpc) is 2.73. The third kappa shape index (κ3) is 2.95. The molecule has 1 heterocycles. The molecule has 1 aliphatic rings. The number of carbonyl (C=O) groups excluding carboxylic acids is 1. The number of nitrogens with two attached hydrogens (primary N) is 1. The Hall–Kier alpha value is -1.42. The number of rotatable bonds is 3. The molecule has 1 amide bonds. The van der Waals surface area contributed by atoms with Crippen molar-refractivity contribution in [1.82, 2.24) is 4.98 Å². The van der Waals surface area contributed by atoms with Gasteiger partial charge in [0.15, 0.2) is 0 Å².